The first-order valence-electron chi connectivity index (χ1n) is 7.04. The summed E-state index contributed by atoms with van der Waals surface area (Å²) in [6, 6.07) is 5.37. The van der Waals surface area contributed by atoms with Crippen molar-refractivity contribution in [3.8, 4) is 5.75 Å². The molecule has 2 rings (SSSR count). The Morgan fingerprint density at radius 2 is 2.18 bits per heavy atom. The zero-order valence-electron chi connectivity index (χ0n) is 13.0. The van der Waals surface area contributed by atoms with Crippen molar-refractivity contribution in [1.29, 1.82) is 0 Å². The fourth-order valence-electron chi connectivity index (χ4n) is 1.79. The number of thioether (sulfide) groups is 1. The second-order valence-electron chi connectivity index (χ2n) is 4.91. The first kappa shape index (κ1) is 16.8. The van der Waals surface area contributed by atoms with Gasteiger partial charge in [0.1, 0.15) is 5.75 Å². The third-order valence-electron chi connectivity index (χ3n) is 2.70. The summed E-state index contributed by atoms with van der Waals surface area (Å²) < 4.78 is 6.33. The van der Waals surface area contributed by atoms with Crippen molar-refractivity contribution in [3.05, 3.63) is 29.3 Å². The molecule has 7 heteroatoms. The van der Waals surface area contributed by atoms with Gasteiger partial charge < -0.3 is 4.74 Å². The van der Waals surface area contributed by atoms with E-state index in [4.69, 9.17) is 4.74 Å². The van der Waals surface area contributed by atoms with Gasteiger partial charge in [0, 0.05) is 10.8 Å². The summed E-state index contributed by atoms with van der Waals surface area (Å²) >= 11 is 3.01. The summed E-state index contributed by atoms with van der Waals surface area (Å²) in [5.74, 6) is 0.606. The Labute approximate surface area is 138 Å². The second kappa shape index (κ2) is 7.60. The Morgan fingerprint density at radius 3 is 2.82 bits per heavy atom. The Morgan fingerprint density at radius 1 is 1.41 bits per heavy atom. The number of rotatable bonds is 6. The van der Waals surface area contributed by atoms with E-state index < -0.39 is 0 Å². The molecule has 0 aliphatic heterocycles. The number of ether oxygens (including phenoxy) is 1. The summed E-state index contributed by atoms with van der Waals surface area (Å²) in [4.78, 5) is 12.2. The summed E-state index contributed by atoms with van der Waals surface area (Å²) in [5, 5.41) is 11.8. The van der Waals surface area contributed by atoms with Gasteiger partial charge in [0.15, 0.2) is 4.34 Å². The summed E-state index contributed by atoms with van der Waals surface area (Å²) in [6.45, 7) is 8.64. The summed E-state index contributed by atoms with van der Waals surface area (Å²) in [6.07, 6.45) is 0. The van der Waals surface area contributed by atoms with Gasteiger partial charge in [-0.05, 0) is 37.6 Å². The van der Waals surface area contributed by atoms with Gasteiger partial charge in [-0.1, -0.05) is 36.9 Å². The third-order valence-corrected chi connectivity index (χ3v) is 4.63. The molecule has 0 aliphatic carbocycles. The van der Waals surface area contributed by atoms with E-state index in [1.54, 1.807) is 17.8 Å². The first-order valence-corrected chi connectivity index (χ1v) is 8.74. The standard InChI is InChI=1S/C15H19N3O2S2/c1-5-20-12-7-6-11(8-10(12)4)13(19)16-14-17-18-15(22-14)21-9(2)3/h6-9H,5H2,1-4H3,(H,16,17,19). The Kier molecular flexibility index (Phi) is 5.79. The fourth-order valence-corrected chi connectivity index (χ4v) is 3.76. The van der Waals surface area contributed by atoms with Crippen LogP contribution in [-0.2, 0) is 0 Å². The largest absolute Gasteiger partial charge is 0.494 e. The van der Waals surface area contributed by atoms with E-state index in [-0.39, 0.29) is 5.91 Å². The Balaban J connectivity index is 2.05. The van der Waals surface area contributed by atoms with Crippen LogP contribution in [0.2, 0.25) is 0 Å². The third kappa shape index (κ3) is 4.45. The molecule has 22 heavy (non-hydrogen) atoms. The number of aryl methyl sites for hydroxylation is 1. The summed E-state index contributed by atoms with van der Waals surface area (Å²) in [5.41, 5.74) is 1.51. The SMILES string of the molecule is CCOc1ccc(C(=O)Nc2nnc(SC(C)C)s2)cc1C. The minimum Gasteiger partial charge on any atom is -0.494 e. The van der Waals surface area contributed by atoms with Gasteiger partial charge in [-0.3, -0.25) is 10.1 Å². The molecule has 0 aliphatic rings. The maximum Gasteiger partial charge on any atom is 0.257 e. The van der Waals surface area contributed by atoms with E-state index in [1.165, 1.54) is 11.3 Å². The first-order chi connectivity index (χ1) is 10.5. The number of hydrogen-bond acceptors (Lipinski definition) is 6. The van der Waals surface area contributed by atoms with Crippen molar-refractivity contribution in [1.82, 2.24) is 10.2 Å². The number of anilines is 1. The van der Waals surface area contributed by atoms with Crippen molar-refractivity contribution < 1.29 is 9.53 Å². The number of carbonyl (C=O) groups excluding carboxylic acids is 1. The lowest BCUT2D eigenvalue weighted by atomic mass is 10.1. The molecule has 0 spiro atoms. The van der Waals surface area contributed by atoms with Crippen LogP contribution in [0.15, 0.2) is 22.5 Å². The van der Waals surface area contributed by atoms with Gasteiger partial charge in [0.25, 0.3) is 5.91 Å². The molecule has 0 radical (unpaired) electrons. The van der Waals surface area contributed by atoms with E-state index in [0.717, 1.165) is 15.7 Å². The minimum atomic E-state index is -0.191. The molecule has 0 saturated heterocycles. The van der Waals surface area contributed by atoms with Crippen LogP contribution in [0, 0.1) is 6.92 Å². The number of nitrogens with one attached hydrogen (secondary N) is 1. The molecule has 1 heterocycles. The van der Waals surface area contributed by atoms with Crippen LogP contribution in [0.1, 0.15) is 36.7 Å². The van der Waals surface area contributed by atoms with E-state index in [0.29, 0.717) is 22.6 Å². The smallest absolute Gasteiger partial charge is 0.257 e. The van der Waals surface area contributed by atoms with Crippen molar-refractivity contribution in [2.24, 2.45) is 0 Å². The Bertz CT molecular complexity index is 656. The molecule has 5 nitrogen and oxygen atoms in total. The molecule has 1 aromatic carbocycles. The average molecular weight is 337 g/mol. The van der Waals surface area contributed by atoms with Crippen LogP contribution in [0.3, 0.4) is 0 Å². The molecule has 1 amide bonds. The fraction of sp³-hybridized carbons (Fsp3) is 0.400. The quantitative estimate of drug-likeness (QED) is 0.637. The average Bonchev–Trinajstić information content (AvgIpc) is 2.87. The predicted molar refractivity (Wildman–Crippen MR) is 91.2 cm³/mol. The van der Waals surface area contributed by atoms with Gasteiger partial charge in [-0.15, -0.1) is 10.2 Å². The normalized spacial score (nSPS) is 10.8. The van der Waals surface area contributed by atoms with Crippen LogP contribution < -0.4 is 10.1 Å². The molecular formula is C15H19N3O2S2. The van der Waals surface area contributed by atoms with Crippen LogP contribution >= 0.6 is 23.1 Å². The monoisotopic (exact) mass is 337 g/mol. The molecule has 0 saturated carbocycles. The molecule has 0 atom stereocenters. The Hall–Kier alpha value is -1.60. The van der Waals surface area contributed by atoms with Crippen molar-refractivity contribution in [2.45, 2.75) is 37.3 Å². The number of hydrogen-bond donors (Lipinski definition) is 1. The van der Waals surface area contributed by atoms with Gasteiger partial charge in [0.05, 0.1) is 6.61 Å². The van der Waals surface area contributed by atoms with E-state index in [2.05, 4.69) is 29.4 Å². The topological polar surface area (TPSA) is 64.1 Å². The molecule has 118 valence electrons. The van der Waals surface area contributed by atoms with Crippen LogP contribution in [0.4, 0.5) is 5.13 Å². The molecule has 0 fully saturated rings. The number of carbonyl (C=O) groups is 1. The highest BCUT2D eigenvalue weighted by atomic mass is 32.2. The van der Waals surface area contributed by atoms with Crippen LogP contribution in [0.5, 0.6) is 5.75 Å². The van der Waals surface area contributed by atoms with Crippen LogP contribution in [0.25, 0.3) is 0 Å². The van der Waals surface area contributed by atoms with Gasteiger partial charge in [-0.25, -0.2) is 0 Å². The zero-order chi connectivity index (χ0) is 16.1. The zero-order valence-corrected chi connectivity index (χ0v) is 14.7. The predicted octanol–water partition coefficient (Wildman–Crippen LogP) is 4.00. The van der Waals surface area contributed by atoms with Crippen LogP contribution in [-0.4, -0.2) is 28.0 Å². The lowest BCUT2D eigenvalue weighted by Crippen LogP contribution is -2.12. The van der Waals surface area contributed by atoms with Gasteiger partial charge in [-0.2, -0.15) is 0 Å². The van der Waals surface area contributed by atoms with Crippen molar-refractivity contribution in [3.63, 3.8) is 0 Å². The van der Waals surface area contributed by atoms with Crippen molar-refractivity contribution in [2.75, 3.05) is 11.9 Å². The van der Waals surface area contributed by atoms with Gasteiger partial charge in [0.2, 0.25) is 5.13 Å². The number of aromatic nitrogens is 2. The maximum atomic E-state index is 12.2. The highest BCUT2D eigenvalue weighted by Gasteiger charge is 2.12. The van der Waals surface area contributed by atoms with E-state index >= 15 is 0 Å². The number of nitrogens with zero attached hydrogens (tertiary/aromatic N) is 2. The van der Waals surface area contributed by atoms with E-state index in [1.807, 2.05) is 26.0 Å². The van der Waals surface area contributed by atoms with Crippen molar-refractivity contribution >= 4 is 34.1 Å². The number of benzene rings is 1. The minimum absolute atomic E-state index is 0.191. The molecule has 0 unspecified atom stereocenters. The van der Waals surface area contributed by atoms with Gasteiger partial charge >= 0.3 is 0 Å². The second-order valence-corrected chi connectivity index (χ2v) is 7.71. The van der Waals surface area contributed by atoms with E-state index in [9.17, 15) is 4.79 Å². The highest BCUT2D eigenvalue weighted by Crippen LogP contribution is 2.28. The maximum absolute atomic E-state index is 12.2. The lowest BCUT2D eigenvalue weighted by Gasteiger charge is -2.08. The summed E-state index contributed by atoms with van der Waals surface area (Å²) in [7, 11) is 0. The molecular weight excluding hydrogens is 318 g/mol. The molecule has 1 N–H and O–H groups in total. The molecule has 1 aromatic heterocycles. The highest BCUT2D eigenvalue weighted by molar-refractivity contribution is 8.01. The number of amides is 1. The molecule has 0 bridgehead atoms. The lowest BCUT2D eigenvalue weighted by molar-refractivity contribution is 0.102. The molecule has 2 aromatic rings.